The fraction of sp³-hybridized carbons (Fsp3) is 0.647. The van der Waals surface area contributed by atoms with Crippen LogP contribution in [-0.4, -0.2) is 31.8 Å². The van der Waals surface area contributed by atoms with Crippen LogP contribution in [0.1, 0.15) is 37.3 Å². The highest BCUT2D eigenvalue weighted by Crippen LogP contribution is 2.34. The van der Waals surface area contributed by atoms with Crippen molar-refractivity contribution in [1.29, 1.82) is 0 Å². The largest absolute Gasteiger partial charge is 0.486 e. The first-order valence-corrected chi connectivity index (χ1v) is 9.17. The fourth-order valence-corrected chi connectivity index (χ4v) is 4.55. The van der Waals surface area contributed by atoms with Crippen LogP contribution in [0.25, 0.3) is 0 Å². The van der Waals surface area contributed by atoms with E-state index in [1.165, 1.54) is 37.0 Å². The van der Waals surface area contributed by atoms with E-state index in [0.717, 1.165) is 23.2 Å². The summed E-state index contributed by atoms with van der Waals surface area (Å²) in [6.07, 6.45) is 5.73. The normalized spacial score (nSPS) is 19.7. The second-order valence-electron chi connectivity index (χ2n) is 5.93. The molecule has 1 fully saturated rings. The number of fused-ring (bicyclic) bond motifs is 1. The van der Waals surface area contributed by atoms with Gasteiger partial charge in [0.1, 0.15) is 13.2 Å². The first-order valence-electron chi connectivity index (χ1n) is 8.01. The van der Waals surface area contributed by atoms with Crippen molar-refractivity contribution in [2.24, 2.45) is 5.92 Å². The van der Waals surface area contributed by atoms with Crippen molar-refractivity contribution >= 4 is 11.8 Å². The number of nitrogens with one attached hydrogen (secondary N) is 1. The lowest BCUT2D eigenvalue weighted by Gasteiger charge is -2.22. The van der Waals surface area contributed by atoms with Crippen molar-refractivity contribution in [2.75, 3.05) is 31.8 Å². The highest BCUT2D eigenvalue weighted by atomic mass is 32.2. The van der Waals surface area contributed by atoms with Gasteiger partial charge in [0.25, 0.3) is 0 Å². The SMILES string of the molecule is CNC(CSCC1CCCC1)c1ccc2c(c1)OCCO2. The van der Waals surface area contributed by atoms with Crippen LogP contribution in [0.2, 0.25) is 0 Å². The van der Waals surface area contributed by atoms with Gasteiger partial charge in [-0.1, -0.05) is 18.9 Å². The lowest BCUT2D eigenvalue weighted by molar-refractivity contribution is 0.171. The Balaban J connectivity index is 1.57. The molecule has 1 atom stereocenters. The molecule has 0 radical (unpaired) electrons. The second kappa shape index (κ2) is 7.41. The van der Waals surface area contributed by atoms with Gasteiger partial charge in [0, 0.05) is 11.8 Å². The van der Waals surface area contributed by atoms with Gasteiger partial charge < -0.3 is 14.8 Å². The molecule has 1 N–H and O–H groups in total. The summed E-state index contributed by atoms with van der Waals surface area (Å²) in [4.78, 5) is 0. The fourth-order valence-electron chi connectivity index (χ4n) is 3.15. The van der Waals surface area contributed by atoms with Crippen molar-refractivity contribution in [3.8, 4) is 11.5 Å². The molecular weight excluding hydrogens is 282 g/mol. The van der Waals surface area contributed by atoms with Crippen LogP contribution in [-0.2, 0) is 0 Å². The number of hydrogen-bond acceptors (Lipinski definition) is 4. The van der Waals surface area contributed by atoms with Crippen molar-refractivity contribution in [3.63, 3.8) is 0 Å². The summed E-state index contributed by atoms with van der Waals surface area (Å²) in [5, 5.41) is 3.43. The third-order valence-electron chi connectivity index (χ3n) is 4.43. The molecule has 3 rings (SSSR count). The van der Waals surface area contributed by atoms with E-state index in [2.05, 4.69) is 29.2 Å². The Labute approximate surface area is 131 Å². The summed E-state index contributed by atoms with van der Waals surface area (Å²) >= 11 is 2.08. The zero-order valence-electron chi connectivity index (χ0n) is 12.8. The Morgan fingerprint density at radius 2 is 1.95 bits per heavy atom. The summed E-state index contributed by atoms with van der Waals surface area (Å²) in [6, 6.07) is 6.71. The molecular formula is C17H25NO2S. The number of hydrogen-bond donors (Lipinski definition) is 1. The van der Waals surface area contributed by atoms with Crippen molar-refractivity contribution in [2.45, 2.75) is 31.7 Å². The van der Waals surface area contributed by atoms with Gasteiger partial charge in [0.05, 0.1) is 0 Å². The Bertz CT molecular complexity index is 460. The first-order chi connectivity index (χ1) is 10.4. The van der Waals surface area contributed by atoms with Gasteiger partial charge in [-0.05, 0) is 49.3 Å². The molecule has 1 unspecified atom stereocenters. The van der Waals surface area contributed by atoms with E-state index < -0.39 is 0 Å². The number of thioether (sulfide) groups is 1. The molecule has 3 nitrogen and oxygen atoms in total. The molecule has 116 valence electrons. The third kappa shape index (κ3) is 3.86. The Morgan fingerprint density at radius 3 is 2.71 bits per heavy atom. The molecule has 4 heteroatoms. The maximum absolute atomic E-state index is 5.68. The molecule has 0 amide bonds. The highest BCUT2D eigenvalue weighted by molar-refractivity contribution is 7.99. The van der Waals surface area contributed by atoms with Gasteiger partial charge in [-0.2, -0.15) is 11.8 Å². The Morgan fingerprint density at radius 1 is 1.19 bits per heavy atom. The second-order valence-corrected chi connectivity index (χ2v) is 7.01. The standard InChI is InChI=1S/C17H25NO2S/c1-18-15(12-21-11-13-4-2-3-5-13)14-6-7-16-17(10-14)20-9-8-19-16/h6-7,10,13,15,18H,2-5,8-9,11-12H2,1H3. The van der Waals surface area contributed by atoms with Gasteiger partial charge in [-0.25, -0.2) is 0 Å². The van der Waals surface area contributed by atoms with Gasteiger partial charge in [0.15, 0.2) is 11.5 Å². The first kappa shape index (κ1) is 15.0. The van der Waals surface area contributed by atoms with E-state index >= 15 is 0 Å². The van der Waals surface area contributed by atoms with Crippen molar-refractivity contribution in [3.05, 3.63) is 23.8 Å². The van der Waals surface area contributed by atoms with Gasteiger partial charge in [0.2, 0.25) is 0 Å². The molecule has 1 aromatic rings. The van der Waals surface area contributed by atoms with Crippen LogP contribution in [0, 0.1) is 5.92 Å². The summed E-state index contributed by atoms with van der Waals surface area (Å²) in [5.74, 6) is 5.14. The minimum Gasteiger partial charge on any atom is -0.486 e. The quantitative estimate of drug-likeness (QED) is 0.869. The Kier molecular flexibility index (Phi) is 5.31. The number of benzene rings is 1. The van der Waals surface area contributed by atoms with Crippen LogP contribution in [0.15, 0.2) is 18.2 Å². The zero-order valence-corrected chi connectivity index (χ0v) is 13.6. The average molecular weight is 307 g/mol. The molecule has 1 aromatic carbocycles. The summed E-state index contributed by atoms with van der Waals surface area (Å²) < 4.78 is 11.3. The van der Waals surface area contributed by atoms with E-state index in [4.69, 9.17) is 9.47 Å². The van der Waals surface area contributed by atoms with Crippen LogP contribution < -0.4 is 14.8 Å². The molecule has 2 aliphatic rings. The molecule has 0 aromatic heterocycles. The minimum absolute atomic E-state index is 0.382. The predicted octanol–water partition coefficient (Wildman–Crippen LogP) is 3.64. The van der Waals surface area contributed by atoms with Gasteiger partial charge >= 0.3 is 0 Å². The van der Waals surface area contributed by atoms with Gasteiger partial charge in [-0.3, -0.25) is 0 Å². The van der Waals surface area contributed by atoms with Crippen LogP contribution in [0.4, 0.5) is 0 Å². The van der Waals surface area contributed by atoms with Crippen molar-refractivity contribution < 1.29 is 9.47 Å². The van der Waals surface area contributed by atoms with Crippen LogP contribution in [0.3, 0.4) is 0 Å². The predicted molar refractivity (Wildman–Crippen MR) is 88.5 cm³/mol. The van der Waals surface area contributed by atoms with Gasteiger partial charge in [-0.15, -0.1) is 0 Å². The molecule has 1 heterocycles. The van der Waals surface area contributed by atoms with E-state index in [1.807, 2.05) is 13.1 Å². The summed E-state index contributed by atoms with van der Waals surface area (Å²) in [5.41, 5.74) is 1.29. The van der Waals surface area contributed by atoms with E-state index in [9.17, 15) is 0 Å². The number of rotatable bonds is 6. The Hall–Kier alpha value is -0.870. The molecule has 1 aliphatic heterocycles. The molecule has 1 aliphatic carbocycles. The average Bonchev–Trinajstić information content (AvgIpc) is 3.04. The number of ether oxygens (including phenoxy) is 2. The smallest absolute Gasteiger partial charge is 0.161 e. The summed E-state index contributed by atoms with van der Waals surface area (Å²) in [6.45, 7) is 1.30. The third-order valence-corrected chi connectivity index (χ3v) is 5.71. The summed E-state index contributed by atoms with van der Waals surface area (Å²) in [7, 11) is 2.04. The van der Waals surface area contributed by atoms with E-state index in [0.29, 0.717) is 19.3 Å². The van der Waals surface area contributed by atoms with Crippen molar-refractivity contribution in [1.82, 2.24) is 5.32 Å². The maximum atomic E-state index is 5.68. The lowest BCUT2D eigenvalue weighted by Crippen LogP contribution is -2.20. The van der Waals surface area contributed by atoms with E-state index in [1.54, 1.807) is 0 Å². The molecule has 1 saturated carbocycles. The van der Waals surface area contributed by atoms with E-state index in [-0.39, 0.29) is 0 Å². The zero-order chi connectivity index (χ0) is 14.5. The molecule has 0 saturated heterocycles. The molecule has 0 bridgehead atoms. The monoisotopic (exact) mass is 307 g/mol. The van der Waals surface area contributed by atoms with Crippen LogP contribution >= 0.6 is 11.8 Å². The highest BCUT2D eigenvalue weighted by Gasteiger charge is 2.18. The molecule has 21 heavy (non-hydrogen) atoms. The molecule has 0 spiro atoms. The lowest BCUT2D eigenvalue weighted by atomic mass is 10.1. The van der Waals surface area contributed by atoms with Crippen LogP contribution in [0.5, 0.6) is 11.5 Å². The topological polar surface area (TPSA) is 30.5 Å². The maximum Gasteiger partial charge on any atom is 0.161 e. The minimum atomic E-state index is 0.382.